The van der Waals surface area contributed by atoms with Gasteiger partial charge in [-0.3, -0.25) is 0 Å². The lowest BCUT2D eigenvalue weighted by Crippen LogP contribution is -2.14. The summed E-state index contributed by atoms with van der Waals surface area (Å²) in [6.45, 7) is 0.974. The van der Waals surface area contributed by atoms with Crippen LogP contribution < -0.4 is 5.32 Å². The Hall–Kier alpha value is -1.02. The van der Waals surface area contributed by atoms with Gasteiger partial charge in [-0.2, -0.15) is 0 Å². The zero-order valence-electron chi connectivity index (χ0n) is 11.6. The molecule has 2 aromatic carbocycles. The van der Waals surface area contributed by atoms with Crippen LogP contribution in [-0.4, -0.2) is 13.6 Å². The Kier molecular flexibility index (Phi) is 5.90. The van der Waals surface area contributed by atoms with Gasteiger partial charge in [-0.05, 0) is 55.6 Å². The smallest absolute Gasteiger partial charge is 0.0453 e. The van der Waals surface area contributed by atoms with Crippen molar-refractivity contribution < 1.29 is 0 Å². The van der Waals surface area contributed by atoms with Crippen LogP contribution in [0.2, 0.25) is 10.0 Å². The number of rotatable bonds is 6. The Labute approximate surface area is 130 Å². The third-order valence-electron chi connectivity index (χ3n) is 3.53. The second kappa shape index (κ2) is 7.68. The minimum absolute atomic E-state index is 0.418. The Morgan fingerprint density at radius 2 is 1.60 bits per heavy atom. The predicted molar refractivity (Wildman–Crippen MR) is 87.9 cm³/mol. The van der Waals surface area contributed by atoms with Crippen LogP contribution in [0.4, 0.5) is 0 Å². The van der Waals surface area contributed by atoms with Crippen molar-refractivity contribution in [2.75, 3.05) is 13.6 Å². The molecule has 20 heavy (non-hydrogen) atoms. The standard InChI is InChI=1S/C17H19Cl2N/c1-20-11-10-14(13-6-3-2-4-7-13)12-15-16(18)8-5-9-17(15)19/h2-9,14,20H,10-12H2,1H3. The normalized spacial score (nSPS) is 12.3. The number of nitrogens with one attached hydrogen (secondary N) is 1. The van der Waals surface area contributed by atoms with Gasteiger partial charge in [-0.1, -0.05) is 59.6 Å². The summed E-state index contributed by atoms with van der Waals surface area (Å²) in [5.74, 6) is 0.418. The summed E-state index contributed by atoms with van der Waals surface area (Å²) >= 11 is 12.6. The summed E-state index contributed by atoms with van der Waals surface area (Å²) < 4.78 is 0. The molecule has 0 aliphatic carbocycles. The van der Waals surface area contributed by atoms with Crippen molar-refractivity contribution in [2.24, 2.45) is 0 Å². The lowest BCUT2D eigenvalue weighted by Gasteiger charge is -2.19. The zero-order chi connectivity index (χ0) is 14.4. The molecule has 0 radical (unpaired) electrons. The first-order valence-corrected chi connectivity index (χ1v) is 7.60. The SMILES string of the molecule is CNCCC(Cc1c(Cl)cccc1Cl)c1ccccc1. The summed E-state index contributed by atoms with van der Waals surface area (Å²) in [6, 6.07) is 16.2. The van der Waals surface area contributed by atoms with Crippen molar-refractivity contribution in [1.82, 2.24) is 5.32 Å². The second-order valence-electron chi connectivity index (χ2n) is 4.90. The molecule has 0 heterocycles. The molecule has 2 aromatic rings. The van der Waals surface area contributed by atoms with Crippen molar-refractivity contribution >= 4 is 23.2 Å². The van der Waals surface area contributed by atoms with Gasteiger partial charge in [0.05, 0.1) is 0 Å². The van der Waals surface area contributed by atoms with E-state index in [-0.39, 0.29) is 0 Å². The van der Waals surface area contributed by atoms with Crippen molar-refractivity contribution in [3.8, 4) is 0 Å². The average molecular weight is 308 g/mol. The first kappa shape index (κ1) is 15.4. The molecule has 0 spiro atoms. The average Bonchev–Trinajstić information content (AvgIpc) is 2.47. The van der Waals surface area contributed by atoms with Gasteiger partial charge in [-0.25, -0.2) is 0 Å². The predicted octanol–water partition coefficient (Wildman–Crippen LogP) is 4.93. The maximum absolute atomic E-state index is 6.30. The molecule has 0 saturated carbocycles. The summed E-state index contributed by atoms with van der Waals surface area (Å²) in [7, 11) is 1.98. The maximum Gasteiger partial charge on any atom is 0.0453 e. The van der Waals surface area contributed by atoms with E-state index >= 15 is 0 Å². The van der Waals surface area contributed by atoms with E-state index in [2.05, 4.69) is 29.6 Å². The van der Waals surface area contributed by atoms with Crippen LogP contribution in [0, 0.1) is 0 Å². The van der Waals surface area contributed by atoms with E-state index in [1.54, 1.807) is 0 Å². The van der Waals surface area contributed by atoms with E-state index in [1.165, 1.54) is 5.56 Å². The molecule has 1 atom stereocenters. The highest BCUT2D eigenvalue weighted by atomic mass is 35.5. The molecule has 1 N–H and O–H groups in total. The number of hydrogen-bond acceptors (Lipinski definition) is 1. The fourth-order valence-corrected chi connectivity index (χ4v) is 2.96. The molecule has 0 aliphatic heterocycles. The molecular weight excluding hydrogens is 289 g/mol. The summed E-state index contributed by atoms with van der Waals surface area (Å²) in [4.78, 5) is 0. The second-order valence-corrected chi connectivity index (χ2v) is 5.72. The Morgan fingerprint density at radius 1 is 0.950 bits per heavy atom. The molecule has 0 fully saturated rings. The minimum atomic E-state index is 0.418. The molecule has 0 bridgehead atoms. The number of benzene rings is 2. The van der Waals surface area contributed by atoms with Gasteiger partial charge >= 0.3 is 0 Å². The highest BCUT2D eigenvalue weighted by Crippen LogP contribution is 2.31. The topological polar surface area (TPSA) is 12.0 Å². The van der Waals surface area contributed by atoms with Crippen molar-refractivity contribution in [1.29, 1.82) is 0 Å². The van der Waals surface area contributed by atoms with Crippen LogP contribution in [0.1, 0.15) is 23.5 Å². The van der Waals surface area contributed by atoms with E-state index in [9.17, 15) is 0 Å². The fraction of sp³-hybridized carbons (Fsp3) is 0.294. The van der Waals surface area contributed by atoms with Gasteiger partial charge in [-0.15, -0.1) is 0 Å². The highest BCUT2D eigenvalue weighted by Gasteiger charge is 2.15. The molecular formula is C17H19Cl2N. The molecule has 3 heteroatoms. The first-order valence-electron chi connectivity index (χ1n) is 6.84. The maximum atomic E-state index is 6.30. The lowest BCUT2D eigenvalue weighted by molar-refractivity contribution is 0.593. The largest absolute Gasteiger partial charge is 0.320 e. The summed E-state index contributed by atoms with van der Waals surface area (Å²) in [6.07, 6.45) is 1.92. The summed E-state index contributed by atoms with van der Waals surface area (Å²) in [5, 5.41) is 4.72. The number of halogens is 2. The van der Waals surface area contributed by atoms with Gasteiger partial charge in [0, 0.05) is 10.0 Å². The third-order valence-corrected chi connectivity index (χ3v) is 4.23. The molecule has 0 saturated heterocycles. The van der Waals surface area contributed by atoms with Gasteiger partial charge in [0.25, 0.3) is 0 Å². The van der Waals surface area contributed by atoms with Gasteiger partial charge in [0.15, 0.2) is 0 Å². The molecule has 1 unspecified atom stereocenters. The molecule has 106 valence electrons. The van der Waals surface area contributed by atoms with Crippen molar-refractivity contribution in [3.05, 3.63) is 69.7 Å². The monoisotopic (exact) mass is 307 g/mol. The van der Waals surface area contributed by atoms with Crippen LogP contribution in [0.5, 0.6) is 0 Å². The minimum Gasteiger partial charge on any atom is -0.320 e. The van der Waals surface area contributed by atoms with E-state index in [0.29, 0.717) is 5.92 Å². The first-order chi connectivity index (χ1) is 9.72. The Morgan fingerprint density at radius 3 is 2.20 bits per heavy atom. The van der Waals surface area contributed by atoms with Crippen LogP contribution in [-0.2, 0) is 6.42 Å². The highest BCUT2D eigenvalue weighted by molar-refractivity contribution is 6.36. The van der Waals surface area contributed by atoms with Crippen LogP contribution in [0.15, 0.2) is 48.5 Å². The Bertz CT molecular complexity index is 520. The Balaban J connectivity index is 2.24. The van der Waals surface area contributed by atoms with Crippen LogP contribution >= 0.6 is 23.2 Å². The van der Waals surface area contributed by atoms with Crippen molar-refractivity contribution in [2.45, 2.75) is 18.8 Å². The molecule has 0 aromatic heterocycles. The van der Waals surface area contributed by atoms with E-state index in [0.717, 1.165) is 35.0 Å². The lowest BCUT2D eigenvalue weighted by atomic mass is 9.89. The van der Waals surface area contributed by atoms with E-state index < -0.39 is 0 Å². The zero-order valence-corrected chi connectivity index (χ0v) is 13.1. The van der Waals surface area contributed by atoms with Gasteiger partial charge < -0.3 is 5.32 Å². The van der Waals surface area contributed by atoms with Crippen molar-refractivity contribution in [3.63, 3.8) is 0 Å². The summed E-state index contributed by atoms with van der Waals surface area (Å²) in [5.41, 5.74) is 2.37. The molecule has 0 amide bonds. The van der Waals surface area contributed by atoms with E-state index in [4.69, 9.17) is 23.2 Å². The molecule has 2 rings (SSSR count). The number of hydrogen-bond donors (Lipinski definition) is 1. The van der Waals surface area contributed by atoms with Gasteiger partial charge in [0.2, 0.25) is 0 Å². The fourth-order valence-electron chi connectivity index (χ4n) is 2.40. The van der Waals surface area contributed by atoms with Crippen LogP contribution in [0.3, 0.4) is 0 Å². The quantitative estimate of drug-likeness (QED) is 0.798. The van der Waals surface area contributed by atoms with Gasteiger partial charge in [0.1, 0.15) is 0 Å². The molecule has 1 nitrogen and oxygen atoms in total. The van der Waals surface area contributed by atoms with Crippen LogP contribution in [0.25, 0.3) is 0 Å². The third kappa shape index (κ3) is 3.99. The van der Waals surface area contributed by atoms with E-state index in [1.807, 2.05) is 31.3 Å². The molecule has 0 aliphatic rings.